The van der Waals surface area contributed by atoms with Crippen molar-refractivity contribution in [2.45, 2.75) is 83.5 Å². The number of carbonyl (C=O) groups excluding carboxylic acids is 3. The zero-order valence-electron chi connectivity index (χ0n) is 25.8. The molecule has 0 aliphatic carbocycles. The molecule has 3 aliphatic rings. The summed E-state index contributed by atoms with van der Waals surface area (Å²) >= 11 is 0. The number of hydrogen-bond donors (Lipinski definition) is 1. The lowest BCUT2D eigenvalue weighted by atomic mass is 9.88. The Labute approximate surface area is 253 Å². The summed E-state index contributed by atoms with van der Waals surface area (Å²) in [6, 6.07) is 15.2. The molecule has 2 atom stereocenters. The Morgan fingerprint density at radius 2 is 1.63 bits per heavy atom. The summed E-state index contributed by atoms with van der Waals surface area (Å²) in [5.41, 5.74) is 2.22. The number of nitrogens with one attached hydrogen (secondary N) is 1. The fraction of sp³-hybridized carbons (Fsp3) is 0.545. The van der Waals surface area contributed by atoms with Crippen LogP contribution >= 0.6 is 0 Å². The Kier molecular flexibility index (Phi) is 8.99. The molecule has 3 amide bonds. The van der Waals surface area contributed by atoms with Crippen LogP contribution in [0, 0.1) is 0 Å². The number of piperidine rings is 1. The number of ether oxygens (including phenoxy) is 4. The number of likely N-dealkylation sites (tertiary alicyclic amines) is 2. The van der Waals surface area contributed by atoms with Crippen LogP contribution in [-0.4, -0.2) is 84.1 Å². The first-order chi connectivity index (χ1) is 20.3. The van der Waals surface area contributed by atoms with Gasteiger partial charge in [0.2, 0.25) is 0 Å². The number of hydrogen-bond acceptors (Lipinski definition) is 7. The van der Waals surface area contributed by atoms with Crippen molar-refractivity contribution in [1.82, 2.24) is 15.1 Å². The third-order valence-corrected chi connectivity index (χ3v) is 7.92. The van der Waals surface area contributed by atoms with Gasteiger partial charge in [0.1, 0.15) is 23.6 Å². The molecule has 10 nitrogen and oxygen atoms in total. The van der Waals surface area contributed by atoms with E-state index >= 15 is 0 Å². The first kappa shape index (κ1) is 30.8. The monoisotopic (exact) mass is 593 g/mol. The largest absolute Gasteiger partial charge is 0.484 e. The minimum absolute atomic E-state index is 0.0465. The van der Waals surface area contributed by atoms with Crippen molar-refractivity contribution >= 4 is 17.9 Å². The van der Waals surface area contributed by atoms with Gasteiger partial charge < -0.3 is 34.1 Å². The van der Waals surface area contributed by atoms with Crippen molar-refractivity contribution in [3.8, 4) is 5.75 Å². The number of amides is 3. The number of carbonyl (C=O) groups is 3. The molecule has 3 heterocycles. The fourth-order valence-corrected chi connectivity index (χ4v) is 5.93. The van der Waals surface area contributed by atoms with Gasteiger partial charge in [0, 0.05) is 38.3 Å². The SMILES string of the molecule is CC(C)(C)OC(=O)NCc1cccc(C2CCN(C(=O)c3cccc(OCC(=O)N4C[C@@H]5OC(C)(C)O[C@@H]5C4)c3)CC2)c1. The molecule has 232 valence electrons. The molecule has 3 aliphatic heterocycles. The van der Waals surface area contributed by atoms with E-state index in [0.717, 1.165) is 18.4 Å². The Bertz CT molecular complexity index is 1310. The number of benzene rings is 2. The highest BCUT2D eigenvalue weighted by Crippen LogP contribution is 2.33. The lowest BCUT2D eigenvalue weighted by Gasteiger charge is -2.32. The maximum Gasteiger partial charge on any atom is 0.407 e. The highest BCUT2D eigenvalue weighted by molar-refractivity contribution is 5.94. The summed E-state index contributed by atoms with van der Waals surface area (Å²) in [5.74, 6) is 0.0195. The van der Waals surface area contributed by atoms with Crippen LogP contribution < -0.4 is 10.1 Å². The van der Waals surface area contributed by atoms with Gasteiger partial charge in [-0.1, -0.05) is 30.3 Å². The van der Waals surface area contributed by atoms with E-state index in [1.165, 1.54) is 5.56 Å². The number of alkyl carbamates (subject to hydrolysis) is 1. The molecule has 0 bridgehead atoms. The van der Waals surface area contributed by atoms with E-state index in [0.29, 0.717) is 50.0 Å². The van der Waals surface area contributed by atoms with E-state index in [9.17, 15) is 14.4 Å². The van der Waals surface area contributed by atoms with Gasteiger partial charge in [-0.2, -0.15) is 0 Å². The van der Waals surface area contributed by atoms with E-state index in [2.05, 4.69) is 17.4 Å². The Balaban J connectivity index is 1.09. The molecule has 2 aromatic rings. The van der Waals surface area contributed by atoms with Gasteiger partial charge in [0.15, 0.2) is 12.4 Å². The van der Waals surface area contributed by atoms with Gasteiger partial charge in [0.25, 0.3) is 11.8 Å². The molecule has 0 spiro atoms. The fourth-order valence-electron chi connectivity index (χ4n) is 5.93. The van der Waals surface area contributed by atoms with Crippen LogP contribution in [0.25, 0.3) is 0 Å². The molecule has 3 saturated heterocycles. The normalized spacial score (nSPS) is 21.8. The summed E-state index contributed by atoms with van der Waals surface area (Å²) in [5, 5.41) is 2.82. The summed E-state index contributed by atoms with van der Waals surface area (Å²) in [7, 11) is 0. The summed E-state index contributed by atoms with van der Waals surface area (Å²) in [6.07, 6.45) is 1.03. The molecule has 0 saturated carbocycles. The van der Waals surface area contributed by atoms with Crippen molar-refractivity contribution in [3.05, 3.63) is 65.2 Å². The summed E-state index contributed by atoms with van der Waals surface area (Å²) in [4.78, 5) is 41.7. The summed E-state index contributed by atoms with van der Waals surface area (Å²) < 4.78 is 22.8. The Morgan fingerprint density at radius 3 is 2.30 bits per heavy atom. The smallest absolute Gasteiger partial charge is 0.407 e. The zero-order chi connectivity index (χ0) is 30.8. The highest BCUT2D eigenvalue weighted by atomic mass is 16.8. The molecule has 1 N–H and O–H groups in total. The van der Waals surface area contributed by atoms with Crippen molar-refractivity contribution in [2.24, 2.45) is 0 Å². The minimum atomic E-state index is -0.615. The van der Waals surface area contributed by atoms with Gasteiger partial charge in [-0.3, -0.25) is 9.59 Å². The lowest BCUT2D eigenvalue weighted by molar-refractivity contribution is -0.161. The summed E-state index contributed by atoms with van der Waals surface area (Å²) in [6.45, 7) is 11.8. The van der Waals surface area contributed by atoms with E-state index in [-0.39, 0.29) is 30.6 Å². The maximum absolute atomic E-state index is 13.3. The van der Waals surface area contributed by atoms with Gasteiger partial charge in [-0.05, 0) is 82.7 Å². The first-order valence-electron chi connectivity index (χ1n) is 15.1. The molecule has 0 aromatic heterocycles. The van der Waals surface area contributed by atoms with E-state index < -0.39 is 17.5 Å². The van der Waals surface area contributed by atoms with Crippen LogP contribution in [0.2, 0.25) is 0 Å². The lowest BCUT2D eigenvalue weighted by Crippen LogP contribution is -2.38. The first-order valence-corrected chi connectivity index (χ1v) is 15.1. The van der Waals surface area contributed by atoms with E-state index in [1.807, 2.05) is 51.7 Å². The zero-order valence-corrected chi connectivity index (χ0v) is 25.8. The third-order valence-electron chi connectivity index (χ3n) is 7.92. The molecule has 43 heavy (non-hydrogen) atoms. The van der Waals surface area contributed by atoms with Crippen LogP contribution in [0.5, 0.6) is 5.75 Å². The second kappa shape index (κ2) is 12.5. The van der Waals surface area contributed by atoms with Crippen LogP contribution in [-0.2, 0) is 25.5 Å². The molecule has 5 rings (SSSR count). The van der Waals surface area contributed by atoms with Crippen molar-refractivity contribution in [3.63, 3.8) is 0 Å². The van der Waals surface area contributed by atoms with E-state index in [4.69, 9.17) is 18.9 Å². The molecule has 10 heteroatoms. The Morgan fingerprint density at radius 1 is 0.953 bits per heavy atom. The number of nitrogens with zero attached hydrogens (tertiary/aromatic N) is 2. The predicted octanol–water partition coefficient (Wildman–Crippen LogP) is 4.47. The van der Waals surface area contributed by atoms with Gasteiger partial charge in [0.05, 0.1) is 0 Å². The molecule has 2 aromatic carbocycles. The Hall–Kier alpha value is -3.63. The van der Waals surface area contributed by atoms with Crippen LogP contribution in [0.15, 0.2) is 48.5 Å². The second-order valence-corrected chi connectivity index (χ2v) is 13.0. The molecule has 0 radical (unpaired) electrons. The average molecular weight is 594 g/mol. The number of rotatable bonds is 7. The molecular weight excluding hydrogens is 550 g/mol. The topological polar surface area (TPSA) is 107 Å². The van der Waals surface area contributed by atoms with Gasteiger partial charge >= 0.3 is 6.09 Å². The third kappa shape index (κ3) is 8.06. The van der Waals surface area contributed by atoms with Crippen molar-refractivity contribution in [2.75, 3.05) is 32.8 Å². The van der Waals surface area contributed by atoms with Crippen LogP contribution in [0.3, 0.4) is 0 Å². The van der Waals surface area contributed by atoms with E-state index in [1.54, 1.807) is 29.2 Å². The molecule has 3 fully saturated rings. The van der Waals surface area contributed by atoms with Crippen LogP contribution in [0.4, 0.5) is 4.79 Å². The van der Waals surface area contributed by atoms with Crippen LogP contribution in [0.1, 0.15) is 74.9 Å². The van der Waals surface area contributed by atoms with Crippen molar-refractivity contribution < 1.29 is 33.3 Å². The standard InChI is InChI=1S/C33H43N3O7/c1-32(2,3)43-31(39)34-18-22-8-6-9-24(16-22)23-12-14-35(15-13-23)30(38)25-10-7-11-26(17-25)40-21-29(37)36-19-27-28(20-36)42-33(4,5)41-27/h6-11,16-17,23,27-28H,12-15,18-21H2,1-5H3,(H,34,39)/t27-,28+. The highest BCUT2D eigenvalue weighted by Gasteiger charge is 2.47. The molecule has 0 unspecified atom stereocenters. The quantitative estimate of drug-likeness (QED) is 0.505. The van der Waals surface area contributed by atoms with Crippen molar-refractivity contribution in [1.29, 1.82) is 0 Å². The average Bonchev–Trinajstić information content (AvgIpc) is 3.48. The maximum atomic E-state index is 13.3. The molecular formula is C33H43N3O7. The predicted molar refractivity (Wildman–Crippen MR) is 160 cm³/mol. The van der Waals surface area contributed by atoms with Gasteiger partial charge in [-0.15, -0.1) is 0 Å². The number of fused-ring (bicyclic) bond motifs is 1. The van der Waals surface area contributed by atoms with Gasteiger partial charge in [-0.25, -0.2) is 4.79 Å². The minimum Gasteiger partial charge on any atom is -0.484 e. The second-order valence-electron chi connectivity index (χ2n) is 13.0.